The van der Waals surface area contributed by atoms with Gasteiger partial charge in [-0.2, -0.15) is 0 Å². The quantitative estimate of drug-likeness (QED) is 0.709. The first-order valence-corrected chi connectivity index (χ1v) is 7.21. The second kappa shape index (κ2) is 8.47. The van der Waals surface area contributed by atoms with Crippen molar-refractivity contribution in [3.63, 3.8) is 0 Å². The zero-order valence-corrected chi connectivity index (χ0v) is 14.5. The molecular formula is C15H24Cl2N2O2. The molecule has 0 heterocycles. The molecule has 0 aromatic heterocycles. The third-order valence-electron chi connectivity index (χ3n) is 2.92. The van der Waals surface area contributed by atoms with E-state index in [0.29, 0.717) is 18.1 Å². The van der Waals surface area contributed by atoms with E-state index in [-0.39, 0.29) is 24.4 Å². The summed E-state index contributed by atoms with van der Waals surface area (Å²) in [7, 11) is 0. The van der Waals surface area contributed by atoms with E-state index in [4.69, 9.17) is 16.3 Å². The molecule has 4 nitrogen and oxygen atoms in total. The first-order valence-electron chi connectivity index (χ1n) is 6.83. The van der Waals surface area contributed by atoms with Gasteiger partial charge in [0, 0.05) is 11.4 Å². The molecule has 0 aliphatic heterocycles. The molecule has 0 saturated carbocycles. The summed E-state index contributed by atoms with van der Waals surface area (Å²) in [5, 5.41) is 3.58. The highest BCUT2D eigenvalue weighted by Crippen LogP contribution is 2.31. The van der Waals surface area contributed by atoms with Crippen LogP contribution in [0.2, 0.25) is 5.02 Å². The van der Waals surface area contributed by atoms with Crippen LogP contribution in [0.25, 0.3) is 0 Å². The molecule has 4 N–H and O–H groups in total. The Morgan fingerprint density at radius 2 is 2.10 bits per heavy atom. The van der Waals surface area contributed by atoms with Gasteiger partial charge in [0.2, 0.25) is 5.91 Å². The van der Waals surface area contributed by atoms with Gasteiger partial charge in [0.25, 0.3) is 0 Å². The van der Waals surface area contributed by atoms with Crippen LogP contribution in [0.15, 0.2) is 18.2 Å². The number of benzene rings is 1. The van der Waals surface area contributed by atoms with Crippen LogP contribution in [0.3, 0.4) is 0 Å². The lowest BCUT2D eigenvalue weighted by Crippen LogP contribution is -3.00. The van der Waals surface area contributed by atoms with Crippen molar-refractivity contribution in [2.45, 2.75) is 45.7 Å². The highest BCUT2D eigenvalue weighted by Gasteiger charge is 2.25. The molecule has 1 aromatic carbocycles. The minimum absolute atomic E-state index is 0. The summed E-state index contributed by atoms with van der Waals surface area (Å²) in [6.45, 7) is 8.21. The van der Waals surface area contributed by atoms with Crippen LogP contribution in [0.5, 0.6) is 5.75 Å². The van der Waals surface area contributed by atoms with Gasteiger partial charge in [-0.25, -0.2) is 0 Å². The van der Waals surface area contributed by atoms with Crippen molar-refractivity contribution in [2.75, 3.05) is 6.61 Å². The van der Waals surface area contributed by atoms with Crippen LogP contribution in [0.1, 0.15) is 39.7 Å². The highest BCUT2D eigenvalue weighted by molar-refractivity contribution is 6.31. The van der Waals surface area contributed by atoms with Crippen LogP contribution < -0.4 is 28.2 Å². The SMILES string of the molecule is CCC(=O)NC(C)(C)c1cc(OC[C@H](C)[NH3+])ccc1Cl.[Cl-]. The van der Waals surface area contributed by atoms with Gasteiger partial charge < -0.3 is 28.2 Å². The summed E-state index contributed by atoms with van der Waals surface area (Å²) in [4.78, 5) is 11.6. The first kappa shape index (κ1) is 20.0. The van der Waals surface area contributed by atoms with E-state index in [9.17, 15) is 4.79 Å². The minimum atomic E-state index is -0.542. The van der Waals surface area contributed by atoms with Crippen molar-refractivity contribution in [2.24, 2.45) is 0 Å². The van der Waals surface area contributed by atoms with Gasteiger partial charge in [0.15, 0.2) is 0 Å². The molecule has 21 heavy (non-hydrogen) atoms. The molecule has 6 heteroatoms. The lowest BCUT2D eigenvalue weighted by Gasteiger charge is -2.28. The van der Waals surface area contributed by atoms with Crippen LogP contribution in [0.4, 0.5) is 0 Å². The van der Waals surface area contributed by atoms with E-state index in [1.165, 1.54) is 0 Å². The number of hydrogen-bond donors (Lipinski definition) is 2. The number of quaternary nitrogens is 1. The summed E-state index contributed by atoms with van der Waals surface area (Å²) in [5.41, 5.74) is 4.19. The Morgan fingerprint density at radius 1 is 1.48 bits per heavy atom. The molecule has 0 radical (unpaired) electrons. The van der Waals surface area contributed by atoms with Gasteiger partial charge in [-0.15, -0.1) is 0 Å². The number of ether oxygens (including phenoxy) is 1. The van der Waals surface area contributed by atoms with E-state index in [1.807, 2.05) is 39.8 Å². The Bertz CT molecular complexity index is 477. The van der Waals surface area contributed by atoms with Crippen molar-refractivity contribution >= 4 is 17.5 Å². The number of nitrogens with one attached hydrogen (secondary N) is 1. The fourth-order valence-corrected chi connectivity index (χ4v) is 2.17. The van der Waals surface area contributed by atoms with Gasteiger partial charge in [0.1, 0.15) is 18.4 Å². The topological polar surface area (TPSA) is 66.0 Å². The Balaban J connectivity index is 0.00000400. The van der Waals surface area contributed by atoms with Crippen molar-refractivity contribution in [1.82, 2.24) is 5.32 Å². The number of carbonyl (C=O) groups is 1. The van der Waals surface area contributed by atoms with Crippen LogP contribution in [-0.4, -0.2) is 18.6 Å². The van der Waals surface area contributed by atoms with E-state index < -0.39 is 5.54 Å². The number of amides is 1. The molecule has 0 fully saturated rings. The molecule has 0 unspecified atom stereocenters. The van der Waals surface area contributed by atoms with E-state index in [0.717, 1.165) is 11.3 Å². The molecule has 120 valence electrons. The Hall–Kier alpha value is -0.970. The van der Waals surface area contributed by atoms with Gasteiger partial charge in [-0.3, -0.25) is 4.79 Å². The molecular weight excluding hydrogens is 311 g/mol. The summed E-state index contributed by atoms with van der Waals surface area (Å²) in [5.74, 6) is 0.725. The van der Waals surface area contributed by atoms with Gasteiger partial charge in [-0.1, -0.05) is 18.5 Å². The molecule has 0 aliphatic rings. The molecule has 1 amide bonds. The number of halogens is 2. The predicted octanol–water partition coefficient (Wildman–Crippen LogP) is -0.885. The maximum absolute atomic E-state index is 11.6. The summed E-state index contributed by atoms with van der Waals surface area (Å²) < 4.78 is 5.66. The van der Waals surface area contributed by atoms with Crippen LogP contribution in [0, 0.1) is 0 Å². The Kier molecular flexibility index (Phi) is 8.08. The molecule has 0 bridgehead atoms. The van der Waals surface area contributed by atoms with Crippen LogP contribution >= 0.6 is 11.6 Å². The van der Waals surface area contributed by atoms with Gasteiger partial charge >= 0.3 is 0 Å². The van der Waals surface area contributed by atoms with E-state index in [2.05, 4.69) is 11.1 Å². The highest BCUT2D eigenvalue weighted by atomic mass is 35.5. The monoisotopic (exact) mass is 334 g/mol. The predicted molar refractivity (Wildman–Crippen MR) is 80.8 cm³/mol. The van der Waals surface area contributed by atoms with Gasteiger partial charge in [0.05, 0.1) is 5.54 Å². The lowest BCUT2D eigenvalue weighted by molar-refractivity contribution is -0.417. The number of hydrogen-bond acceptors (Lipinski definition) is 2. The molecule has 0 saturated heterocycles. The normalized spacial score (nSPS) is 12.3. The smallest absolute Gasteiger partial charge is 0.220 e. The fourth-order valence-electron chi connectivity index (χ4n) is 1.82. The second-order valence-electron chi connectivity index (χ2n) is 5.58. The van der Waals surface area contributed by atoms with Crippen molar-refractivity contribution in [1.29, 1.82) is 0 Å². The summed E-state index contributed by atoms with van der Waals surface area (Å²) >= 11 is 6.25. The largest absolute Gasteiger partial charge is 1.00 e. The van der Waals surface area contributed by atoms with Gasteiger partial charge in [-0.05, 0) is 44.5 Å². The zero-order valence-electron chi connectivity index (χ0n) is 13.0. The first-order chi connectivity index (χ1) is 9.26. The zero-order chi connectivity index (χ0) is 15.3. The number of rotatable bonds is 6. The van der Waals surface area contributed by atoms with Crippen molar-refractivity contribution in [3.05, 3.63) is 28.8 Å². The third kappa shape index (κ3) is 6.12. The summed E-state index contributed by atoms with van der Waals surface area (Å²) in [6, 6.07) is 5.70. The van der Waals surface area contributed by atoms with E-state index >= 15 is 0 Å². The van der Waals surface area contributed by atoms with Crippen LogP contribution in [-0.2, 0) is 10.3 Å². The second-order valence-corrected chi connectivity index (χ2v) is 5.99. The maximum atomic E-state index is 11.6. The summed E-state index contributed by atoms with van der Waals surface area (Å²) in [6.07, 6.45) is 0.441. The Labute approximate surface area is 137 Å². The fraction of sp³-hybridized carbons (Fsp3) is 0.533. The standard InChI is InChI=1S/C15H23ClN2O2.ClH/c1-5-14(19)18-15(3,4)12-8-11(6-7-13(12)16)20-9-10(2)17;/h6-8,10H,5,9,17H2,1-4H3,(H,18,19);1H/t10-;/m0./s1. The third-order valence-corrected chi connectivity index (χ3v) is 3.25. The minimum Gasteiger partial charge on any atom is -1.00 e. The molecule has 1 rings (SSSR count). The van der Waals surface area contributed by atoms with Crippen molar-refractivity contribution in [3.8, 4) is 5.75 Å². The average molecular weight is 335 g/mol. The lowest BCUT2D eigenvalue weighted by atomic mass is 9.93. The molecule has 1 aromatic rings. The number of carbonyl (C=O) groups excluding carboxylic acids is 1. The maximum Gasteiger partial charge on any atom is 0.220 e. The average Bonchev–Trinajstić information content (AvgIpc) is 2.36. The molecule has 0 spiro atoms. The Morgan fingerprint density at radius 3 is 2.62 bits per heavy atom. The van der Waals surface area contributed by atoms with E-state index in [1.54, 1.807) is 6.07 Å². The molecule has 1 atom stereocenters. The van der Waals surface area contributed by atoms with Crippen molar-refractivity contribution < 1.29 is 27.7 Å². The molecule has 0 aliphatic carbocycles.